The number of carbonyl (C=O) groups is 1. The van der Waals surface area contributed by atoms with Crippen LogP contribution in [0.5, 0.6) is 0 Å². The predicted octanol–water partition coefficient (Wildman–Crippen LogP) is 3.23. The second-order valence-electron chi connectivity index (χ2n) is 5.30. The number of aromatic nitrogens is 4. The molecule has 0 spiro atoms. The van der Waals surface area contributed by atoms with Crippen LogP contribution in [0.25, 0.3) is 5.69 Å². The molecule has 3 aromatic rings. The predicted molar refractivity (Wildman–Crippen MR) is 99.4 cm³/mol. The fourth-order valence-corrected chi connectivity index (χ4v) is 3.14. The fourth-order valence-electron chi connectivity index (χ4n) is 2.23. The van der Waals surface area contributed by atoms with Gasteiger partial charge in [0.1, 0.15) is 6.07 Å². The molecule has 0 unspecified atom stereocenters. The lowest BCUT2D eigenvalue weighted by atomic mass is 10.2. The molecule has 0 aliphatic carbocycles. The van der Waals surface area contributed by atoms with Crippen LogP contribution in [-0.4, -0.2) is 31.9 Å². The largest absolute Gasteiger partial charge is 0.325 e. The third kappa shape index (κ3) is 4.02. The lowest BCUT2D eigenvalue weighted by molar-refractivity contribution is -0.113. The van der Waals surface area contributed by atoms with Crippen molar-refractivity contribution in [3.8, 4) is 11.8 Å². The molecule has 0 radical (unpaired) electrons. The molecule has 2 aromatic carbocycles. The van der Waals surface area contributed by atoms with Crippen LogP contribution < -0.4 is 5.32 Å². The maximum atomic E-state index is 12.2. The van der Waals surface area contributed by atoms with Gasteiger partial charge in [0, 0.05) is 5.69 Å². The monoisotopic (exact) mass is 384 g/mol. The van der Waals surface area contributed by atoms with Gasteiger partial charge in [-0.05, 0) is 47.2 Å². The topological polar surface area (TPSA) is 96.5 Å². The van der Waals surface area contributed by atoms with Gasteiger partial charge < -0.3 is 5.32 Å². The molecule has 1 aromatic heterocycles. The molecule has 0 aliphatic rings. The number of nitrogens with zero attached hydrogens (tertiary/aromatic N) is 5. The van der Waals surface area contributed by atoms with E-state index in [2.05, 4.69) is 20.8 Å². The first-order chi connectivity index (χ1) is 12.6. The van der Waals surface area contributed by atoms with Gasteiger partial charge in [-0.2, -0.15) is 9.94 Å². The molecule has 0 saturated heterocycles. The van der Waals surface area contributed by atoms with E-state index in [-0.39, 0.29) is 11.7 Å². The first-order valence-corrected chi connectivity index (χ1v) is 8.91. The molecule has 26 heavy (non-hydrogen) atoms. The average Bonchev–Trinajstić information content (AvgIpc) is 3.09. The zero-order valence-electron chi connectivity index (χ0n) is 13.7. The Hall–Kier alpha value is -2.89. The van der Waals surface area contributed by atoms with Gasteiger partial charge in [-0.1, -0.05) is 41.6 Å². The van der Waals surface area contributed by atoms with E-state index in [9.17, 15) is 4.79 Å². The van der Waals surface area contributed by atoms with Crippen LogP contribution in [0.2, 0.25) is 5.02 Å². The van der Waals surface area contributed by atoms with E-state index in [4.69, 9.17) is 16.9 Å². The Balaban J connectivity index is 1.66. The quantitative estimate of drug-likeness (QED) is 0.678. The Morgan fingerprint density at radius 1 is 1.35 bits per heavy atom. The summed E-state index contributed by atoms with van der Waals surface area (Å²) in [4.78, 5) is 12.2. The van der Waals surface area contributed by atoms with E-state index < -0.39 is 0 Å². The van der Waals surface area contributed by atoms with Crippen molar-refractivity contribution in [2.24, 2.45) is 0 Å². The Kier molecular flexibility index (Phi) is 5.51. The smallest absolute Gasteiger partial charge is 0.234 e. The number of thioether (sulfide) groups is 1. The number of halogens is 1. The van der Waals surface area contributed by atoms with Crippen LogP contribution in [0.3, 0.4) is 0 Å². The first kappa shape index (κ1) is 17.9. The first-order valence-electron chi connectivity index (χ1n) is 7.55. The minimum atomic E-state index is -0.227. The van der Waals surface area contributed by atoms with Crippen LogP contribution in [0.4, 0.5) is 5.69 Å². The SMILES string of the molecule is Cc1ccccc1-n1nnnc1SCC(=O)Nc1ccc(C#N)c(Cl)c1. The number of nitrogens with one attached hydrogen (secondary N) is 1. The summed E-state index contributed by atoms with van der Waals surface area (Å²) in [6.07, 6.45) is 0. The molecule has 130 valence electrons. The zero-order chi connectivity index (χ0) is 18.5. The van der Waals surface area contributed by atoms with Crippen LogP contribution in [0.15, 0.2) is 47.6 Å². The highest BCUT2D eigenvalue weighted by Crippen LogP contribution is 2.22. The van der Waals surface area contributed by atoms with Gasteiger partial charge in [-0.3, -0.25) is 4.79 Å². The third-order valence-electron chi connectivity index (χ3n) is 3.49. The van der Waals surface area contributed by atoms with Crippen LogP contribution in [-0.2, 0) is 4.79 Å². The molecule has 1 amide bonds. The molecular formula is C17H13ClN6OS. The van der Waals surface area contributed by atoms with Crippen molar-refractivity contribution in [3.05, 3.63) is 58.6 Å². The number of benzene rings is 2. The van der Waals surface area contributed by atoms with E-state index in [1.807, 2.05) is 37.3 Å². The number of amides is 1. The van der Waals surface area contributed by atoms with Crippen LogP contribution >= 0.6 is 23.4 Å². The molecule has 0 bridgehead atoms. The standard InChI is InChI=1S/C17H13ClN6OS/c1-11-4-2-3-5-15(11)24-17(21-22-23-24)26-10-16(25)20-13-7-6-12(9-19)14(18)8-13/h2-8H,10H2,1H3,(H,20,25). The highest BCUT2D eigenvalue weighted by atomic mass is 35.5. The summed E-state index contributed by atoms with van der Waals surface area (Å²) in [5, 5.41) is 24.1. The van der Waals surface area contributed by atoms with Crippen molar-refractivity contribution in [2.75, 3.05) is 11.1 Å². The summed E-state index contributed by atoms with van der Waals surface area (Å²) in [6.45, 7) is 1.97. The summed E-state index contributed by atoms with van der Waals surface area (Å²) in [5.74, 6) is -0.0979. The number of rotatable bonds is 5. The molecule has 0 atom stereocenters. The molecule has 1 heterocycles. The van der Waals surface area contributed by atoms with Gasteiger partial charge in [-0.15, -0.1) is 5.10 Å². The van der Waals surface area contributed by atoms with Crippen molar-refractivity contribution in [1.29, 1.82) is 5.26 Å². The van der Waals surface area contributed by atoms with Crippen molar-refractivity contribution in [3.63, 3.8) is 0 Å². The van der Waals surface area contributed by atoms with Gasteiger partial charge >= 0.3 is 0 Å². The van der Waals surface area contributed by atoms with Crippen molar-refractivity contribution >= 4 is 35.0 Å². The van der Waals surface area contributed by atoms with Crippen LogP contribution in [0, 0.1) is 18.3 Å². The fraction of sp³-hybridized carbons (Fsp3) is 0.118. The highest BCUT2D eigenvalue weighted by molar-refractivity contribution is 7.99. The summed E-state index contributed by atoms with van der Waals surface area (Å²) in [6, 6.07) is 14.4. The number of nitriles is 1. The van der Waals surface area contributed by atoms with Crippen molar-refractivity contribution in [1.82, 2.24) is 20.2 Å². The van der Waals surface area contributed by atoms with E-state index >= 15 is 0 Å². The van der Waals surface area contributed by atoms with Gasteiger partial charge in [0.05, 0.1) is 22.0 Å². The molecule has 0 aliphatic heterocycles. The number of para-hydroxylation sites is 1. The molecular weight excluding hydrogens is 372 g/mol. The molecule has 0 saturated carbocycles. The van der Waals surface area contributed by atoms with E-state index in [0.29, 0.717) is 21.4 Å². The summed E-state index contributed by atoms with van der Waals surface area (Å²) < 4.78 is 1.60. The number of anilines is 1. The minimum Gasteiger partial charge on any atom is -0.325 e. The van der Waals surface area contributed by atoms with Gasteiger partial charge in [0.25, 0.3) is 0 Å². The Labute approximate surface area is 159 Å². The van der Waals surface area contributed by atoms with E-state index in [0.717, 1.165) is 11.3 Å². The van der Waals surface area contributed by atoms with Crippen LogP contribution in [0.1, 0.15) is 11.1 Å². The summed E-state index contributed by atoms with van der Waals surface area (Å²) in [5.41, 5.74) is 2.77. The van der Waals surface area contributed by atoms with E-state index in [1.165, 1.54) is 11.8 Å². The molecule has 0 fully saturated rings. The summed E-state index contributed by atoms with van der Waals surface area (Å²) >= 11 is 7.19. The number of hydrogen-bond acceptors (Lipinski definition) is 6. The van der Waals surface area contributed by atoms with Gasteiger partial charge in [-0.25, -0.2) is 0 Å². The highest BCUT2D eigenvalue weighted by Gasteiger charge is 2.13. The molecule has 9 heteroatoms. The Morgan fingerprint density at radius 2 is 2.15 bits per heavy atom. The number of aryl methyl sites for hydroxylation is 1. The van der Waals surface area contributed by atoms with Crippen molar-refractivity contribution in [2.45, 2.75) is 12.1 Å². The maximum Gasteiger partial charge on any atom is 0.234 e. The third-order valence-corrected chi connectivity index (χ3v) is 4.72. The molecule has 7 nitrogen and oxygen atoms in total. The normalized spacial score (nSPS) is 10.3. The number of carbonyl (C=O) groups excluding carboxylic acids is 1. The second kappa shape index (κ2) is 7.99. The lowest BCUT2D eigenvalue weighted by Crippen LogP contribution is -2.14. The number of tetrazole rings is 1. The average molecular weight is 385 g/mol. The Morgan fingerprint density at radius 3 is 2.88 bits per heavy atom. The lowest BCUT2D eigenvalue weighted by Gasteiger charge is -2.08. The molecule has 3 rings (SSSR count). The zero-order valence-corrected chi connectivity index (χ0v) is 15.3. The number of hydrogen-bond donors (Lipinski definition) is 1. The minimum absolute atomic E-state index is 0.129. The van der Waals surface area contributed by atoms with E-state index in [1.54, 1.807) is 22.9 Å². The second-order valence-corrected chi connectivity index (χ2v) is 6.65. The Bertz CT molecular complexity index is 997. The summed E-state index contributed by atoms with van der Waals surface area (Å²) in [7, 11) is 0. The van der Waals surface area contributed by atoms with Crippen molar-refractivity contribution < 1.29 is 4.79 Å². The molecule has 1 N–H and O–H groups in total. The van der Waals surface area contributed by atoms with Gasteiger partial charge in [0.2, 0.25) is 11.1 Å². The maximum absolute atomic E-state index is 12.2. The van der Waals surface area contributed by atoms with Gasteiger partial charge in [0.15, 0.2) is 0 Å².